The molecule has 0 radical (unpaired) electrons. The third kappa shape index (κ3) is 3.41. The number of thioether (sulfide) groups is 1. The van der Waals surface area contributed by atoms with Crippen molar-refractivity contribution in [2.45, 2.75) is 11.8 Å². The van der Waals surface area contributed by atoms with E-state index in [1.807, 2.05) is 24.3 Å². The van der Waals surface area contributed by atoms with Crippen LogP contribution in [0.4, 0.5) is 4.39 Å². The predicted molar refractivity (Wildman–Crippen MR) is 77.1 cm³/mol. The lowest BCUT2D eigenvalue weighted by molar-refractivity contribution is 0.625. The van der Waals surface area contributed by atoms with Gasteiger partial charge in [0.2, 0.25) is 0 Å². The zero-order chi connectivity index (χ0) is 13.7. The van der Waals surface area contributed by atoms with E-state index in [9.17, 15) is 4.39 Å². The van der Waals surface area contributed by atoms with Crippen LogP contribution >= 0.6 is 11.8 Å². The zero-order valence-electron chi connectivity index (χ0n) is 10.6. The van der Waals surface area contributed by atoms with Gasteiger partial charge in [0.25, 0.3) is 0 Å². The molecule has 19 heavy (non-hydrogen) atoms. The van der Waals surface area contributed by atoms with Gasteiger partial charge >= 0.3 is 0 Å². The van der Waals surface area contributed by atoms with E-state index >= 15 is 0 Å². The Hall–Kier alpha value is -1.68. The molecule has 0 aromatic heterocycles. The topological polar surface area (TPSA) is 36.2 Å². The van der Waals surface area contributed by atoms with Gasteiger partial charge in [0.1, 0.15) is 11.9 Å². The highest BCUT2D eigenvalue weighted by Crippen LogP contribution is 2.26. The van der Waals surface area contributed by atoms with E-state index in [0.717, 1.165) is 16.9 Å². The Labute approximate surface area is 116 Å². The van der Waals surface area contributed by atoms with Crippen LogP contribution < -0.4 is 0 Å². The average molecular weight is 274 g/mol. The highest BCUT2D eigenvalue weighted by atomic mass is 32.2. The third-order valence-corrected chi connectivity index (χ3v) is 3.54. The molecule has 0 saturated heterocycles. The molecule has 2 nitrogen and oxygen atoms in total. The molecule has 1 unspecified atom stereocenters. The number of hydrogen-bond acceptors (Lipinski definition) is 3. The van der Waals surface area contributed by atoms with Crippen LogP contribution in [0.5, 0.6) is 0 Å². The minimum Gasteiger partial charge on any atom is -0.209 e. The Morgan fingerprint density at radius 1 is 1.05 bits per heavy atom. The van der Waals surface area contributed by atoms with Crippen LogP contribution in [-0.2, 0) is 5.75 Å². The van der Waals surface area contributed by atoms with Gasteiger partial charge in [-0.05, 0) is 35.1 Å². The second-order valence-corrected chi connectivity index (χ2v) is 5.12. The van der Waals surface area contributed by atoms with Crippen LogP contribution in [0.25, 0.3) is 0 Å². The summed E-state index contributed by atoms with van der Waals surface area (Å²) < 4.78 is 12.9. The molecule has 0 aliphatic heterocycles. The normalized spacial score (nSPS) is 12.1. The van der Waals surface area contributed by atoms with Gasteiger partial charge < -0.3 is 0 Å². The molecule has 1 atom stereocenters. The first kappa shape index (κ1) is 13.7. The van der Waals surface area contributed by atoms with E-state index in [-0.39, 0.29) is 11.9 Å². The van der Waals surface area contributed by atoms with Crippen molar-refractivity contribution in [1.29, 1.82) is 5.53 Å². The average Bonchev–Trinajstić information content (AvgIpc) is 2.44. The van der Waals surface area contributed by atoms with Gasteiger partial charge in [-0.15, -0.1) is 0 Å². The Morgan fingerprint density at radius 2 is 1.58 bits per heavy atom. The van der Waals surface area contributed by atoms with Crippen molar-refractivity contribution in [1.82, 2.24) is 0 Å². The summed E-state index contributed by atoms with van der Waals surface area (Å²) in [6.45, 7) is 0. The molecule has 2 aromatic carbocycles. The molecule has 0 spiro atoms. The van der Waals surface area contributed by atoms with Crippen molar-refractivity contribution < 1.29 is 4.39 Å². The van der Waals surface area contributed by atoms with Crippen LogP contribution in [-0.4, -0.2) is 6.26 Å². The van der Waals surface area contributed by atoms with Crippen LogP contribution in [0.15, 0.2) is 53.6 Å². The van der Waals surface area contributed by atoms with Gasteiger partial charge in [0.15, 0.2) is 0 Å². The maximum absolute atomic E-state index is 12.9. The molecule has 4 heteroatoms. The second kappa shape index (κ2) is 6.48. The Kier molecular flexibility index (Phi) is 4.68. The lowest BCUT2D eigenvalue weighted by Crippen LogP contribution is -1.97. The molecule has 0 amide bonds. The minimum absolute atomic E-state index is 0.275. The fourth-order valence-corrected chi connectivity index (χ4v) is 2.48. The summed E-state index contributed by atoms with van der Waals surface area (Å²) in [6.07, 6.45) is 2.06. The minimum atomic E-state index is -0.357. The molecule has 0 fully saturated rings. The summed E-state index contributed by atoms with van der Waals surface area (Å²) in [5.74, 6) is 0.697. The summed E-state index contributed by atoms with van der Waals surface area (Å²) in [6, 6.07) is 13.9. The van der Waals surface area contributed by atoms with Crippen LogP contribution in [0, 0.1) is 11.3 Å². The van der Waals surface area contributed by atoms with E-state index in [1.165, 1.54) is 17.7 Å². The van der Waals surface area contributed by atoms with E-state index in [2.05, 4.69) is 11.4 Å². The summed E-state index contributed by atoms with van der Waals surface area (Å²) in [5.41, 5.74) is 10.4. The van der Waals surface area contributed by atoms with Gasteiger partial charge in [-0.1, -0.05) is 36.4 Å². The molecule has 1 N–H and O–H groups in total. The molecule has 0 aliphatic rings. The number of halogens is 1. The van der Waals surface area contributed by atoms with Gasteiger partial charge in [-0.25, -0.2) is 9.92 Å². The molecule has 0 heterocycles. The maximum atomic E-state index is 12.9. The lowest BCUT2D eigenvalue weighted by Gasteiger charge is -2.12. The smallest absolute Gasteiger partial charge is 0.123 e. The molecule has 98 valence electrons. The van der Waals surface area contributed by atoms with Crippen LogP contribution in [0.1, 0.15) is 22.7 Å². The number of benzene rings is 2. The van der Waals surface area contributed by atoms with Crippen molar-refractivity contribution in [2.24, 2.45) is 5.11 Å². The van der Waals surface area contributed by atoms with Crippen molar-refractivity contribution >= 4 is 11.8 Å². The summed E-state index contributed by atoms with van der Waals surface area (Å²) in [7, 11) is 0. The molecule has 0 saturated carbocycles. The van der Waals surface area contributed by atoms with Gasteiger partial charge in [0, 0.05) is 5.75 Å². The van der Waals surface area contributed by atoms with Crippen molar-refractivity contribution in [3.63, 3.8) is 0 Å². The van der Waals surface area contributed by atoms with Crippen molar-refractivity contribution in [3.8, 4) is 0 Å². The first-order valence-corrected chi connectivity index (χ1v) is 7.34. The number of hydrogen-bond donors (Lipinski definition) is 1. The Balaban J connectivity index is 2.26. The highest BCUT2D eigenvalue weighted by Gasteiger charge is 2.12. The molecular weight excluding hydrogens is 259 g/mol. The van der Waals surface area contributed by atoms with Crippen molar-refractivity contribution in [3.05, 3.63) is 71.0 Å². The first-order valence-electron chi connectivity index (χ1n) is 5.94. The van der Waals surface area contributed by atoms with E-state index in [1.54, 1.807) is 23.9 Å². The monoisotopic (exact) mass is 274 g/mol. The largest absolute Gasteiger partial charge is 0.209 e. The Bertz CT molecular complexity index is 537. The van der Waals surface area contributed by atoms with Gasteiger partial charge in [0.05, 0.1) is 0 Å². The molecular formula is C15H15FN2S. The SMILES string of the molecule is CSCc1ccc(C(N=N)c2ccc(F)cc2)cc1. The second-order valence-electron chi connectivity index (χ2n) is 4.26. The van der Waals surface area contributed by atoms with Crippen molar-refractivity contribution in [2.75, 3.05) is 6.26 Å². The quantitative estimate of drug-likeness (QED) is 0.780. The standard InChI is InChI=1S/C15H15FN2S/c1-19-10-11-2-4-12(5-3-11)15(18-17)13-6-8-14(16)9-7-13/h2-9,15,17H,10H2,1H3. The number of nitrogens with zero attached hydrogens (tertiary/aromatic N) is 1. The van der Waals surface area contributed by atoms with Gasteiger partial charge in [-0.2, -0.15) is 16.9 Å². The first-order chi connectivity index (χ1) is 9.24. The third-order valence-electron chi connectivity index (χ3n) is 2.92. The summed E-state index contributed by atoms with van der Waals surface area (Å²) >= 11 is 1.77. The van der Waals surface area contributed by atoms with E-state index < -0.39 is 0 Å². The van der Waals surface area contributed by atoms with E-state index in [0.29, 0.717) is 0 Å². The fourth-order valence-electron chi connectivity index (χ4n) is 1.95. The molecule has 2 aromatic rings. The summed E-state index contributed by atoms with van der Waals surface area (Å²) in [5, 5.41) is 3.66. The predicted octanol–water partition coefficient (Wildman–Crippen LogP) is 4.81. The lowest BCUT2D eigenvalue weighted by atomic mass is 9.99. The molecule has 0 aliphatic carbocycles. The maximum Gasteiger partial charge on any atom is 0.123 e. The number of nitrogens with one attached hydrogen (secondary N) is 1. The fraction of sp³-hybridized carbons (Fsp3) is 0.200. The number of rotatable bonds is 5. The zero-order valence-corrected chi connectivity index (χ0v) is 11.5. The van der Waals surface area contributed by atoms with E-state index in [4.69, 9.17) is 5.53 Å². The van der Waals surface area contributed by atoms with Crippen LogP contribution in [0.3, 0.4) is 0 Å². The van der Waals surface area contributed by atoms with Gasteiger partial charge in [-0.3, -0.25) is 0 Å². The summed E-state index contributed by atoms with van der Waals surface area (Å²) in [4.78, 5) is 0. The molecule has 0 bridgehead atoms. The highest BCUT2D eigenvalue weighted by molar-refractivity contribution is 7.97. The van der Waals surface area contributed by atoms with Crippen LogP contribution in [0.2, 0.25) is 0 Å². The molecule has 2 rings (SSSR count). The Morgan fingerprint density at radius 3 is 2.05 bits per heavy atom.